The summed E-state index contributed by atoms with van der Waals surface area (Å²) >= 11 is 18.7. The van der Waals surface area contributed by atoms with Crippen LogP contribution in [-0.4, -0.2) is 10.9 Å². The van der Waals surface area contributed by atoms with Crippen LogP contribution in [0.15, 0.2) is 77.2 Å². The largest absolute Gasteiger partial charge is 0.436 e. The zero-order chi connectivity index (χ0) is 21.5. The molecule has 5 rings (SSSR count). The summed E-state index contributed by atoms with van der Waals surface area (Å²) in [6, 6.07) is 21.3. The Morgan fingerprint density at radius 1 is 0.839 bits per heavy atom. The van der Waals surface area contributed by atoms with Crippen LogP contribution in [0.1, 0.15) is 10.4 Å². The fraction of sp³-hybridized carbons (Fsp3) is 0. The van der Waals surface area contributed by atoms with E-state index in [2.05, 4.69) is 10.3 Å². The molecule has 0 saturated carbocycles. The number of halogens is 3. The van der Waals surface area contributed by atoms with Crippen LogP contribution in [0.4, 0.5) is 5.69 Å². The van der Waals surface area contributed by atoms with Crippen molar-refractivity contribution in [3.8, 4) is 11.5 Å². The Bertz CT molecular complexity index is 1480. The molecular formula is C24H13Cl3N2O2. The summed E-state index contributed by atoms with van der Waals surface area (Å²) in [5.74, 6) is 0.0841. The van der Waals surface area contributed by atoms with Crippen LogP contribution in [0, 0.1) is 0 Å². The van der Waals surface area contributed by atoms with Crippen LogP contribution < -0.4 is 5.32 Å². The zero-order valence-corrected chi connectivity index (χ0v) is 18.1. The third kappa shape index (κ3) is 3.74. The number of benzene rings is 4. The topological polar surface area (TPSA) is 55.1 Å². The van der Waals surface area contributed by atoms with Crippen molar-refractivity contribution in [1.29, 1.82) is 0 Å². The van der Waals surface area contributed by atoms with E-state index < -0.39 is 0 Å². The molecule has 7 heteroatoms. The summed E-state index contributed by atoms with van der Waals surface area (Å²) in [6.45, 7) is 0. The average molecular weight is 468 g/mol. The fourth-order valence-electron chi connectivity index (χ4n) is 3.45. The highest BCUT2D eigenvalue weighted by Crippen LogP contribution is 2.33. The van der Waals surface area contributed by atoms with Crippen LogP contribution in [0.3, 0.4) is 0 Å². The lowest BCUT2D eigenvalue weighted by Gasteiger charge is -2.10. The number of nitrogens with zero attached hydrogens (tertiary/aromatic N) is 1. The predicted octanol–water partition coefficient (Wildman–Crippen LogP) is 7.86. The van der Waals surface area contributed by atoms with Crippen molar-refractivity contribution in [3.05, 3.63) is 93.4 Å². The van der Waals surface area contributed by atoms with E-state index in [0.717, 1.165) is 10.8 Å². The van der Waals surface area contributed by atoms with E-state index in [9.17, 15) is 4.79 Å². The summed E-state index contributed by atoms with van der Waals surface area (Å²) in [4.78, 5) is 17.5. The van der Waals surface area contributed by atoms with Gasteiger partial charge in [0.2, 0.25) is 5.89 Å². The molecule has 4 aromatic carbocycles. The number of oxazole rings is 1. The second-order valence-corrected chi connectivity index (χ2v) is 8.17. The quantitative estimate of drug-likeness (QED) is 0.294. The molecule has 0 fully saturated rings. The number of rotatable bonds is 3. The van der Waals surface area contributed by atoms with Gasteiger partial charge in [-0.05, 0) is 53.9 Å². The van der Waals surface area contributed by atoms with E-state index in [4.69, 9.17) is 39.2 Å². The smallest absolute Gasteiger partial charge is 0.256 e. The van der Waals surface area contributed by atoms with Crippen LogP contribution in [-0.2, 0) is 0 Å². The molecule has 4 nitrogen and oxygen atoms in total. The minimum absolute atomic E-state index is 0.259. The zero-order valence-electron chi connectivity index (χ0n) is 15.8. The molecule has 0 aliphatic carbocycles. The number of hydrogen-bond donors (Lipinski definition) is 1. The van der Waals surface area contributed by atoms with E-state index in [0.29, 0.717) is 48.9 Å². The number of anilines is 1. The van der Waals surface area contributed by atoms with Gasteiger partial charge in [0.1, 0.15) is 5.52 Å². The first-order valence-electron chi connectivity index (χ1n) is 9.34. The highest BCUT2D eigenvalue weighted by atomic mass is 35.5. The number of hydrogen-bond acceptors (Lipinski definition) is 3. The van der Waals surface area contributed by atoms with Crippen molar-refractivity contribution >= 4 is 68.3 Å². The summed E-state index contributed by atoms with van der Waals surface area (Å²) in [6.07, 6.45) is 0. The maximum Gasteiger partial charge on any atom is 0.256 e. The van der Waals surface area contributed by atoms with Crippen molar-refractivity contribution in [1.82, 2.24) is 4.98 Å². The number of carbonyl (C=O) groups is 1. The molecule has 1 aromatic heterocycles. The SMILES string of the molecule is O=C(Nc1ccc(Cl)c(-c2nc3cc(Cl)ccc3o2)c1)c1cccc2c(Cl)cccc12. The van der Waals surface area contributed by atoms with Gasteiger partial charge < -0.3 is 9.73 Å². The fourth-order valence-corrected chi connectivity index (χ4v) is 4.05. The van der Waals surface area contributed by atoms with Gasteiger partial charge in [0.25, 0.3) is 5.91 Å². The summed E-state index contributed by atoms with van der Waals surface area (Å²) in [5.41, 5.74) is 2.86. The Hall–Kier alpha value is -3.05. The van der Waals surface area contributed by atoms with Crippen LogP contribution >= 0.6 is 34.8 Å². The minimum Gasteiger partial charge on any atom is -0.436 e. The lowest BCUT2D eigenvalue weighted by molar-refractivity contribution is 0.102. The lowest BCUT2D eigenvalue weighted by atomic mass is 10.0. The monoisotopic (exact) mass is 466 g/mol. The normalized spacial score (nSPS) is 11.2. The van der Waals surface area contributed by atoms with Crippen molar-refractivity contribution < 1.29 is 9.21 Å². The van der Waals surface area contributed by atoms with Gasteiger partial charge >= 0.3 is 0 Å². The molecule has 0 saturated heterocycles. The van der Waals surface area contributed by atoms with Crippen molar-refractivity contribution in [3.63, 3.8) is 0 Å². The Morgan fingerprint density at radius 3 is 2.52 bits per heavy atom. The number of amides is 1. The number of carbonyl (C=O) groups excluding carboxylic acids is 1. The molecule has 5 aromatic rings. The molecule has 31 heavy (non-hydrogen) atoms. The van der Waals surface area contributed by atoms with Crippen molar-refractivity contribution in [2.75, 3.05) is 5.32 Å². The second-order valence-electron chi connectivity index (χ2n) is 6.92. The molecule has 0 aliphatic heterocycles. The van der Waals surface area contributed by atoms with E-state index in [-0.39, 0.29) is 5.91 Å². The van der Waals surface area contributed by atoms with Gasteiger partial charge in [-0.3, -0.25) is 4.79 Å². The van der Waals surface area contributed by atoms with Gasteiger partial charge in [-0.2, -0.15) is 0 Å². The maximum absolute atomic E-state index is 13.0. The van der Waals surface area contributed by atoms with Gasteiger partial charge in [-0.25, -0.2) is 4.98 Å². The Kier molecular flexibility index (Phi) is 5.06. The molecule has 152 valence electrons. The number of aromatic nitrogens is 1. The molecule has 0 atom stereocenters. The van der Waals surface area contributed by atoms with Gasteiger partial charge in [0.15, 0.2) is 5.58 Å². The summed E-state index contributed by atoms with van der Waals surface area (Å²) < 4.78 is 5.82. The van der Waals surface area contributed by atoms with E-state index >= 15 is 0 Å². The standard InChI is InChI=1S/C24H13Cl3N2O2/c25-13-7-10-22-21(11-13)29-24(31-22)18-12-14(8-9-20(18)27)28-23(30)17-5-1-4-16-15(17)3-2-6-19(16)26/h1-12H,(H,28,30). The molecule has 1 N–H and O–H groups in total. The van der Waals surface area contributed by atoms with Gasteiger partial charge in [0.05, 0.1) is 10.6 Å². The Morgan fingerprint density at radius 2 is 1.65 bits per heavy atom. The van der Waals surface area contributed by atoms with E-state index in [1.165, 1.54) is 0 Å². The highest BCUT2D eigenvalue weighted by molar-refractivity contribution is 6.36. The third-order valence-electron chi connectivity index (χ3n) is 4.92. The Balaban J connectivity index is 1.51. The summed E-state index contributed by atoms with van der Waals surface area (Å²) in [7, 11) is 0. The van der Waals surface area contributed by atoms with E-state index in [1.54, 1.807) is 54.6 Å². The van der Waals surface area contributed by atoms with Gasteiger partial charge in [-0.1, -0.05) is 59.1 Å². The summed E-state index contributed by atoms with van der Waals surface area (Å²) in [5, 5.41) is 6.12. The van der Waals surface area contributed by atoms with E-state index in [1.807, 2.05) is 18.2 Å². The molecule has 0 unspecified atom stereocenters. The first kappa shape index (κ1) is 19.9. The minimum atomic E-state index is -0.259. The van der Waals surface area contributed by atoms with Crippen LogP contribution in [0.5, 0.6) is 0 Å². The number of fused-ring (bicyclic) bond motifs is 2. The first-order valence-corrected chi connectivity index (χ1v) is 10.5. The maximum atomic E-state index is 13.0. The van der Waals surface area contributed by atoms with Crippen LogP contribution in [0.25, 0.3) is 33.3 Å². The molecule has 0 spiro atoms. The first-order chi connectivity index (χ1) is 15.0. The molecule has 0 radical (unpaired) electrons. The highest BCUT2D eigenvalue weighted by Gasteiger charge is 2.16. The van der Waals surface area contributed by atoms with Crippen molar-refractivity contribution in [2.24, 2.45) is 0 Å². The Labute approximate surface area is 192 Å². The molecule has 0 aliphatic rings. The van der Waals surface area contributed by atoms with Crippen LogP contribution in [0.2, 0.25) is 15.1 Å². The van der Waals surface area contributed by atoms with Gasteiger partial charge in [-0.15, -0.1) is 0 Å². The second kappa shape index (κ2) is 7.89. The third-order valence-corrected chi connectivity index (χ3v) is 5.81. The lowest BCUT2D eigenvalue weighted by Crippen LogP contribution is -2.12. The molecule has 1 heterocycles. The predicted molar refractivity (Wildman–Crippen MR) is 126 cm³/mol. The molecule has 1 amide bonds. The molecular weight excluding hydrogens is 455 g/mol. The average Bonchev–Trinajstić information content (AvgIpc) is 3.18. The van der Waals surface area contributed by atoms with Crippen molar-refractivity contribution in [2.45, 2.75) is 0 Å². The van der Waals surface area contributed by atoms with Gasteiger partial charge in [0, 0.05) is 26.7 Å². The molecule has 0 bridgehead atoms. The number of nitrogens with one attached hydrogen (secondary N) is 1.